The molecule has 3 atom stereocenters. The Hall–Kier alpha value is -0.210. The molecular formula is C7H9F5O6S2. The molecule has 0 aromatic carbocycles. The van der Waals surface area contributed by atoms with Crippen molar-refractivity contribution in [1.82, 2.24) is 0 Å². The van der Waals surface area contributed by atoms with Crippen LogP contribution in [-0.4, -0.2) is 44.1 Å². The lowest BCUT2D eigenvalue weighted by molar-refractivity contribution is -0.359. The molecule has 0 spiro atoms. The van der Waals surface area contributed by atoms with E-state index in [9.17, 15) is 30.0 Å². The molecule has 1 fully saturated rings. The first-order chi connectivity index (χ1) is 8.99. The van der Waals surface area contributed by atoms with Crippen molar-refractivity contribution >= 4 is 22.3 Å². The Morgan fingerprint density at radius 2 is 1.80 bits per heavy atom. The molecule has 1 aliphatic heterocycles. The molecule has 0 aliphatic carbocycles. The Labute approximate surface area is 114 Å². The molecule has 0 saturated carbocycles. The number of hydrogen-bond acceptors (Lipinski definition) is 7. The molecule has 0 aromatic heterocycles. The largest absolute Gasteiger partial charge is 0.308 e. The van der Waals surface area contributed by atoms with Gasteiger partial charge < -0.3 is 9.47 Å². The summed E-state index contributed by atoms with van der Waals surface area (Å²) in [5.41, 5.74) is 0. The zero-order valence-corrected chi connectivity index (χ0v) is 11.4. The van der Waals surface area contributed by atoms with Gasteiger partial charge in [0.25, 0.3) is 11.7 Å². The fourth-order valence-electron chi connectivity index (χ4n) is 1.53. The fraction of sp³-hybridized carbons (Fsp3) is 1.00. The Morgan fingerprint density at radius 1 is 1.25 bits per heavy atom. The molecule has 0 bridgehead atoms. The van der Waals surface area contributed by atoms with E-state index in [1.165, 1.54) is 0 Å². The van der Waals surface area contributed by atoms with Gasteiger partial charge in [0.05, 0.1) is 5.75 Å². The van der Waals surface area contributed by atoms with Crippen LogP contribution >= 0.6 is 12.0 Å². The van der Waals surface area contributed by atoms with Crippen LogP contribution in [0, 0.1) is 0 Å². The normalized spacial score (nSPS) is 38.3. The minimum Gasteiger partial charge on any atom is -0.305 e. The molecule has 3 unspecified atom stereocenters. The van der Waals surface area contributed by atoms with E-state index in [1.807, 2.05) is 0 Å². The molecule has 1 rings (SSSR count). The summed E-state index contributed by atoms with van der Waals surface area (Å²) in [4.78, 5) is 0. The van der Waals surface area contributed by atoms with Crippen molar-refractivity contribution < 1.29 is 48.9 Å². The van der Waals surface area contributed by atoms with E-state index in [-0.39, 0.29) is 12.0 Å². The van der Waals surface area contributed by atoms with Gasteiger partial charge in [0.1, 0.15) is 12.4 Å². The second-order valence-electron chi connectivity index (χ2n) is 4.00. The van der Waals surface area contributed by atoms with E-state index in [2.05, 4.69) is 18.9 Å². The summed E-state index contributed by atoms with van der Waals surface area (Å²) in [6.45, 7) is -0.785. The van der Waals surface area contributed by atoms with Gasteiger partial charge in [0.2, 0.25) is 5.79 Å². The molecule has 1 heterocycles. The molecule has 6 nitrogen and oxygen atoms in total. The molecule has 0 amide bonds. The van der Waals surface area contributed by atoms with Crippen molar-refractivity contribution in [2.45, 2.75) is 24.4 Å². The lowest BCUT2D eigenvalue weighted by Gasteiger charge is -2.27. The van der Waals surface area contributed by atoms with E-state index in [0.29, 0.717) is 0 Å². The van der Waals surface area contributed by atoms with Crippen LogP contribution in [0.3, 0.4) is 0 Å². The molecule has 0 aromatic rings. The van der Waals surface area contributed by atoms with E-state index in [4.69, 9.17) is 0 Å². The van der Waals surface area contributed by atoms with Crippen molar-refractivity contribution in [3.63, 3.8) is 0 Å². The number of halogens is 5. The molecule has 1 saturated heterocycles. The molecule has 0 N–H and O–H groups in total. The van der Waals surface area contributed by atoms with Crippen LogP contribution < -0.4 is 0 Å². The zero-order chi connectivity index (χ0) is 15.7. The highest BCUT2D eigenvalue weighted by atomic mass is 32.3. The minimum atomic E-state index is -5.52. The predicted octanol–water partition coefficient (Wildman–Crippen LogP) is 1.83. The number of alkyl halides is 3. The maximum absolute atomic E-state index is 14.3. The van der Waals surface area contributed by atoms with E-state index in [1.54, 1.807) is 0 Å². The second kappa shape index (κ2) is 5.88. The molecule has 120 valence electrons. The maximum Gasteiger partial charge on any atom is 0.308 e. The summed E-state index contributed by atoms with van der Waals surface area (Å²) in [5.74, 6) is -13.3. The van der Waals surface area contributed by atoms with Crippen LogP contribution in [0.5, 0.6) is 0 Å². The average molecular weight is 348 g/mol. The van der Waals surface area contributed by atoms with Crippen LogP contribution in [0.25, 0.3) is 0 Å². The third kappa shape index (κ3) is 3.92. The Bertz CT molecular complexity index is 451. The molecule has 20 heavy (non-hydrogen) atoms. The smallest absolute Gasteiger partial charge is 0.305 e. The summed E-state index contributed by atoms with van der Waals surface area (Å²) in [5, 5.41) is 2.61. The topological polar surface area (TPSA) is 71.1 Å². The molecular weight excluding hydrogens is 339 g/mol. The third-order valence-corrected chi connectivity index (χ3v) is 3.58. The second-order valence-corrected chi connectivity index (χ2v) is 6.03. The number of hydrogen-bond donors (Lipinski definition) is 0. The van der Waals surface area contributed by atoms with E-state index in [0.717, 1.165) is 6.92 Å². The average Bonchev–Trinajstić information content (AvgIpc) is 2.45. The Kier molecular flexibility index (Phi) is 5.25. The first kappa shape index (κ1) is 17.8. The van der Waals surface area contributed by atoms with Gasteiger partial charge in [-0.25, -0.2) is 13.2 Å². The van der Waals surface area contributed by atoms with Gasteiger partial charge in [-0.3, -0.25) is 0 Å². The van der Waals surface area contributed by atoms with Gasteiger partial charge >= 0.3 is 10.2 Å². The van der Waals surface area contributed by atoms with E-state index < -0.39 is 45.9 Å². The van der Waals surface area contributed by atoms with Crippen LogP contribution in [0.4, 0.5) is 21.6 Å². The summed E-state index contributed by atoms with van der Waals surface area (Å²) in [7, 11) is -5.52. The lowest BCUT2D eigenvalue weighted by atomic mass is 10.2. The SMILES string of the molecule is CC1(CF)OC(F)(CSOOF)C(F)(CS(=O)(=O)F)O1. The zero-order valence-electron chi connectivity index (χ0n) is 9.78. The van der Waals surface area contributed by atoms with Gasteiger partial charge in [0.15, 0.2) is 0 Å². The quantitative estimate of drug-likeness (QED) is 0.174. The van der Waals surface area contributed by atoms with Crippen LogP contribution in [0.15, 0.2) is 0 Å². The van der Waals surface area contributed by atoms with Gasteiger partial charge in [-0.1, -0.05) is 0 Å². The van der Waals surface area contributed by atoms with Gasteiger partial charge in [-0.15, -0.1) is 8.22 Å². The highest BCUT2D eigenvalue weighted by molar-refractivity contribution is 7.94. The molecule has 13 heteroatoms. The van der Waals surface area contributed by atoms with Gasteiger partial charge in [-0.05, 0) is 16.5 Å². The fourth-order valence-corrected chi connectivity index (χ4v) is 2.75. The highest BCUT2D eigenvalue weighted by Gasteiger charge is 2.69. The van der Waals surface area contributed by atoms with Crippen molar-refractivity contribution in [3.05, 3.63) is 0 Å². The van der Waals surface area contributed by atoms with Crippen molar-refractivity contribution in [1.29, 1.82) is 0 Å². The molecule has 1 aliphatic rings. The van der Waals surface area contributed by atoms with Crippen LogP contribution in [0.1, 0.15) is 6.92 Å². The first-order valence-corrected chi connectivity index (χ1v) is 7.29. The van der Waals surface area contributed by atoms with Crippen LogP contribution in [-0.2, 0) is 29.1 Å². The van der Waals surface area contributed by atoms with Crippen molar-refractivity contribution in [2.24, 2.45) is 0 Å². The first-order valence-electron chi connectivity index (χ1n) is 4.83. The predicted molar refractivity (Wildman–Crippen MR) is 54.9 cm³/mol. The number of ether oxygens (including phenoxy) is 2. The Balaban J connectivity index is 3.02. The highest BCUT2D eigenvalue weighted by Crippen LogP contribution is 2.49. The summed E-state index contributed by atoms with van der Waals surface area (Å²) < 4.78 is 98.1. The Morgan fingerprint density at radius 3 is 2.25 bits per heavy atom. The minimum absolute atomic E-state index is 0.168. The summed E-state index contributed by atoms with van der Waals surface area (Å²) >= 11 is -0.168. The standard InChI is InChI=1S/C7H9F5O6S2/c1-5(2-8)15-6(9,3-19-18-17-11)7(10,16-5)4-20(12,13)14/h2-4H2,1H3. The van der Waals surface area contributed by atoms with Gasteiger partial charge in [0, 0.05) is 12.0 Å². The summed E-state index contributed by atoms with van der Waals surface area (Å²) in [6, 6.07) is 0. The van der Waals surface area contributed by atoms with Gasteiger partial charge in [-0.2, -0.15) is 8.42 Å². The van der Waals surface area contributed by atoms with Crippen LogP contribution in [0.2, 0.25) is 0 Å². The van der Waals surface area contributed by atoms with Crippen molar-refractivity contribution in [3.8, 4) is 0 Å². The lowest BCUT2D eigenvalue weighted by Crippen LogP contribution is -2.51. The third-order valence-electron chi connectivity index (χ3n) is 2.23. The summed E-state index contributed by atoms with van der Waals surface area (Å²) in [6.07, 6.45) is 0. The maximum atomic E-state index is 14.3. The molecule has 0 radical (unpaired) electrons. The monoisotopic (exact) mass is 348 g/mol. The van der Waals surface area contributed by atoms with E-state index >= 15 is 0 Å². The van der Waals surface area contributed by atoms with Crippen molar-refractivity contribution in [2.75, 3.05) is 18.2 Å². The number of rotatable bonds is 7.